The number of alkyl carbamates (subject to hydrolysis) is 1. The molecule has 22 nitrogen and oxygen atoms in total. The summed E-state index contributed by atoms with van der Waals surface area (Å²) in [6.45, 7) is 28.4. The Morgan fingerprint density at radius 3 is 1.63 bits per heavy atom. The van der Waals surface area contributed by atoms with Gasteiger partial charge in [-0.1, -0.05) is 102 Å². The van der Waals surface area contributed by atoms with Crippen LogP contribution in [-0.4, -0.2) is 192 Å². The lowest BCUT2D eigenvalue weighted by Gasteiger charge is -2.36. The van der Waals surface area contributed by atoms with E-state index in [4.69, 9.17) is 9.47 Å². The Bertz CT molecular complexity index is 2430. The van der Waals surface area contributed by atoms with E-state index in [1.165, 1.54) is 61.8 Å². The molecule has 0 aliphatic carbocycles. The number of nitrogens with one attached hydrogen (secondary N) is 3. The van der Waals surface area contributed by atoms with Crippen LogP contribution in [0.25, 0.3) is 0 Å². The maximum atomic E-state index is 14.9. The second kappa shape index (κ2) is 40.2. The van der Waals surface area contributed by atoms with E-state index in [-0.39, 0.29) is 82.3 Å². The number of aliphatic hydroxyl groups is 1. The molecule has 0 saturated carbocycles. The van der Waals surface area contributed by atoms with Crippen LogP contribution >= 0.6 is 0 Å². The predicted octanol–water partition coefficient (Wildman–Crippen LogP) is 7.33. The van der Waals surface area contributed by atoms with Gasteiger partial charge in [0.25, 0.3) is 0 Å². The summed E-state index contributed by atoms with van der Waals surface area (Å²) in [7, 11) is 7.28. The first-order chi connectivity index (χ1) is 41.9. The summed E-state index contributed by atoms with van der Waals surface area (Å²) in [5.41, 5.74) is 0. The number of aliphatic hydroxyl groups excluding tert-OH is 1. The molecule has 1 rings (SSSR count). The van der Waals surface area contributed by atoms with Gasteiger partial charge >= 0.3 is 6.09 Å². The number of nitrogens with zero attached hydrogens (tertiary/aromatic N) is 4. The summed E-state index contributed by atoms with van der Waals surface area (Å²) in [5.74, 6) is -12.2. The Morgan fingerprint density at radius 2 is 1.12 bits per heavy atom. The molecule has 514 valence electrons. The number of carbonyl (C=O) groups excluding carboxylic acids is 12. The molecule has 4 N–H and O–H groups in total. The molecule has 0 spiro atoms. The number of hydrogen-bond donors (Lipinski definition) is 4. The number of ketones is 5. The standard InChI is InChI=1S/C68H117N7O15/c1-22-24-27-44(13)62(82)50-38-57(79)60(43(11)12)75(21)66(86)48(32-39(3)4)36-56(78)53(34-41(7)8)72(18)65(85)46(15)70-63(83)45(14)35-55(77)52(33-40(5)6)73(19)67(87)49(42(9)10)37-58(80)61(47(16)89-30-25-26-31-90-68(88)69-17)74(20)59(81)29-28-54(76)51(23-2)71-64(50)84/h22,24,39-53,60-62,82H,23,25-38H2,1-21H3,(H,69,88)(H,70,83)(H,71,84)/b24-22+/t44-,45-,46-,47-,48-,49+,50+,51+,52+,53+,60+,61+,62-/m1/s1. The highest BCUT2D eigenvalue weighted by molar-refractivity contribution is 5.99. The van der Waals surface area contributed by atoms with Gasteiger partial charge in [-0.3, -0.25) is 52.7 Å². The minimum atomic E-state index is -1.40. The van der Waals surface area contributed by atoms with E-state index < -0.39 is 173 Å². The summed E-state index contributed by atoms with van der Waals surface area (Å²) in [5, 5.41) is 19.9. The summed E-state index contributed by atoms with van der Waals surface area (Å²) in [4.78, 5) is 177. The molecule has 0 unspecified atom stereocenters. The average Bonchev–Trinajstić information content (AvgIpc) is 1.49. The van der Waals surface area contributed by atoms with E-state index >= 15 is 0 Å². The fraction of sp³-hybridized carbons (Fsp3) is 0.794. The number of rotatable bonds is 20. The SMILES string of the molecule is C/C=C/C[C@@H](C)[C@@H](O)[C@@H]1CC(=O)[C@H](C(C)C)N(C)C(=O)[C@H](CC(C)C)CC(=O)[C@H](CC(C)C)N(C)C(=O)[C@@H](C)NC(=O)[C@H](C)CC(=O)[C@H](CC(C)C)N(C)C(=O)[C@H](C(C)C)CC(=O)[C@H]([C@@H](C)OCCCCOC(=O)NC)N(C)C(=O)CCC(=O)[C@H](CC)NC1=O. The smallest absolute Gasteiger partial charge is 0.406 e. The molecule has 13 atom stereocenters. The molecule has 1 fully saturated rings. The number of likely N-dealkylation sites (N-methyl/N-ethyl adjacent to an activating group) is 4. The molecular weight excluding hydrogens is 1150 g/mol. The average molecular weight is 1270 g/mol. The van der Waals surface area contributed by atoms with Gasteiger partial charge in [0.15, 0.2) is 28.9 Å². The number of amides is 7. The quantitative estimate of drug-likeness (QED) is 0.0685. The highest BCUT2D eigenvalue weighted by Crippen LogP contribution is 2.30. The van der Waals surface area contributed by atoms with Gasteiger partial charge in [0.2, 0.25) is 35.4 Å². The second-order valence-corrected chi connectivity index (χ2v) is 27.3. The first kappa shape index (κ1) is 82.1. The van der Waals surface area contributed by atoms with Gasteiger partial charge in [-0.25, -0.2) is 4.79 Å². The molecule has 1 aliphatic rings. The van der Waals surface area contributed by atoms with Crippen LogP contribution in [0.15, 0.2) is 12.2 Å². The summed E-state index contributed by atoms with van der Waals surface area (Å²) in [6.07, 6.45) is 0.280. The van der Waals surface area contributed by atoms with E-state index in [2.05, 4.69) is 16.0 Å². The van der Waals surface area contributed by atoms with Gasteiger partial charge < -0.3 is 50.1 Å². The van der Waals surface area contributed by atoms with Crippen LogP contribution in [0, 0.1) is 59.2 Å². The molecule has 1 heterocycles. The van der Waals surface area contributed by atoms with Crippen molar-refractivity contribution in [1.82, 2.24) is 35.6 Å². The lowest BCUT2D eigenvalue weighted by molar-refractivity contribution is -0.148. The van der Waals surface area contributed by atoms with Gasteiger partial charge in [-0.2, -0.15) is 0 Å². The van der Waals surface area contributed by atoms with Crippen molar-refractivity contribution in [3.8, 4) is 0 Å². The minimum Gasteiger partial charge on any atom is -0.450 e. The molecule has 1 saturated heterocycles. The fourth-order valence-electron chi connectivity index (χ4n) is 12.0. The van der Waals surface area contributed by atoms with Crippen LogP contribution in [0.4, 0.5) is 4.79 Å². The molecule has 90 heavy (non-hydrogen) atoms. The van der Waals surface area contributed by atoms with Gasteiger partial charge in [-0.05, 0) is 101 Å². The Kier molecular flexibility index (Phi) is 36.6. The third-order valence-electron chi connectivity index (χ3n) is 17.4. The van der Waals surface area contributed by atoms with Gasteiger partial charge in [-0.15, -0.1) is 0 Å². The van der Waals surface area contributed by atoms with E-state index in [1.807, 2.05) is 54.5 Å². The fourth-order valence-corrected chi connectivity index (χ4v) is 12.0. The lowest BCUT2D eigenvalue weighted by Crippen LogP contribution is -2.53. The van der Waals surface area contributed by atoms with Gasteiger partial charge in [0.1, 0.15) is 12.1 Å². The molecule has 22 heteroatoms. The molecule has 0 bridgehead atoms. The third-order valence-corrected chi connectivity index (χ3v) is 17.4. The first-order valence-corrected chi connectivity index (χ1v) is 33.0. The van der Waals surface area contributed by atoms with Gasteiger partial charge in [0.05, 0.1) is 48.9 Å². The van der Waals surface area contributed by atoms with E-state index in [0.29, 0.717) is 19.3 Å². The van der Waals surface area contributed by atoms with Crippen molar-refractivity contribution < 1.29 is 72.1 Å². The number of ether oxygens (including phenoxy) is 2. The van der Waals surface area contributed by atoms with Crippen LogP contribution < -0.4 is 16.0 Å². The van der Waals surface area contributed by atoms with Crippen molar-refractivity contribution in [1.29, 1.82) is 0 Å². The van der Waals surface area contributed by atoms with E-state index in [1.54, 1.807) is 61.5 Å². The lowest BCUT2D eigenvalue weighted by atomic mass is 9.82. The largest absolute Gasteiger partial charge is 0.450 e. The summed E-state index contributed by atoms with van der Waals surface area (Å²) >= 11 is 0. The number of unbranched alkanes of at least 4 members (excludes halogenated alkanes) is 1. The Labute approximate surface area is 538 Å². The zero-order chi connectivity index (χ0) is 69.2. The normalized spacial score (nSPS) is 26.3. The predicted molar refractivity (Wildman–Crippen MR) is 346 cm³/mol. The van der Waals surface area contributed by atoms with Crippen molar-refractivity contribution in [2.75, 3.05) is 48.5 Å². The Balaban J connectivity index is 4.22. The van der Waals surface area contributed by atoms with Crippen molar-refractivity contribution in [2.45, 2.75) is 243 Å². The monoisotopic (exact) mass is 1270 g/mol. The van der Waals surface area contributed by atoms with Crippen LogP contribution in [-0.2, 0) is 62.2 Å². The topological polar surface area (TPSA) is 293 Å². The summed E-state index contributed by atoms with van der Waals surface area (Å²) < 4.78 is 11.3. The van der Waals surface area contributed by atoms with E-state index in [9.17, 15) is 62.6 Å². The number of allylic oxidation sites excluding steroid dienone is 2. The van der Waals surface area contributed by atoms with Crippen molar-refractivity contribution >= 4 is 70.5 Å². The maximum absolute atomic E-state index is 14.9. The molecule has 0 aromatic rings. The van der Waals surface area contributed by atoms with Crippen molar-refractivity contribution in [3.63, 3.8) is 0 Å². The molecule has 0 aromatic carbocycles. The van der Waals surface area contributed by atoms with Crippen LogP contribution in [0.1, 0.15) is 194 Å². The Hall–Kier alpha value is -5.90. The molecule has 1 aliphatic heterocycles. The Morgan fingerprint density at radius 1 is 0.600 bits per heavy atom. The first-order valence-electron chi connectivity index (χ1n) is 33.0. The van der Waals surface area contributed by atoms with Crippen molar-refractivity contribution in [2.24, 2.45) is 59.2 Å². The van der Waals surface area contributed by atoms with Crippen LogP contribution in [0.2, 0.25) is 0 Å². The van der Waals surface area contributed by atoms with Crippen molar-refractivity contribution in [3.05, 3.63) is 12.2 Å². The zero-order valence-corrected chi connectivity index (χ0v) is 58.6. The number of hydrogen-bond acceptors (Lipinski definition) is 15. The van der Waals surface area contributed by atoms with Crippen LogP contribution in [0.5, 0.6) is 0 Å². The molecular formula is C68H117N7O15. The molecule has 7 amide bonds. The second-order valence-electron chi connectivity index (χ2n) is 27.3. The highest BCUT2D eigenvalue weighted by Gasteiger charge is 2.43. The van der Waals surface area contributed by atoms with E-state index in [0.717, 1.165) is 0 Å². The van der Waals surface area contributed by atoms with Gasteiger partial charge in [0, 0.05) is 98.1 Å². The zero-order valence-electron chi connectivity index (χ0n) is 58.6. The number of carbonyl (C=O) groups is 12. The molecule has 0 aromatic heterocycles. The maximum Gasteiger partial charge on any atom is 0.406 e. The van der Waals surface area contributed by atoms with Crippen LogP contribution in [0.3, 0.4) is 0 Å². The molecule has 0 radical (unpaired) electrons. The minimum absolute atomic E-state index is 0.0686. The number of Topliss-reactive ketones (excluding diaryl/α,β-unsaturated/α-hetero) is 5. The highest BCUT2D eigenvalue weighted by atomic mass is 16.5. The third kappa shape index (κ3) is 26.0. The summed E-state index contributed by atoms with van der Waals surface area (Å²) in [6, 6.07) is -6.79.